The molecule has 1 aromatic rings. The average molecular weight is 290 g/mol. The number of aliphatic imine (C=N–C) groups is 1. The average Bonchev–Trinajstić information content (AvgIpc) is 2.26. The monoisotopic (exact) mass is 289 g/mol. The molecule has 0 saturated heterocycles. The van der Waals surface area contributed by atoms with Gasteiger partial charge in [0.2, 0.25) is 11.9 Å². The zero-order valence-electron chi connectivity index (χ0n) is 8.71. The summed E-state index contributed by atoms with van der Waals surface area (Å²) in [6.07, 6.45) is 1.39. The maximum Gasteiger partial charge on any atom is 0.235 e. The molecule has 0 radical (unpaired) electrons. The first-order chi connectivity index (χ1) is 7.65. The number of isocyanates is 1. The van der Waals surface area contributed by atoms with Crippen molar-refractivity contribution < 1.29 is 18.7 Å². The van der Waals surface area contributed by atoms with Crippen molar-refractivity contribution in [1.82, 2.24) is 0 Å². The highest BCUT2D eigenvalue weighted by molar-refractivity contribution is 9.10. The summed E-state index contributed by atoms with van der Waals surface area (Å²) in [5, 5.41) is 0. The first kappa shape index (κ1) is 12.7. The summed E-state index contributed by atoms with van der Waals surface area (Å²) in [6.45, 7) is 0.00614. The molecule has 1 aromatic carbocycles. The second-order valence-electron chi connectivity index (χ2n) is 2.81. The van der Waals surface area contributed by atoms with Gasteiger partial charge in [0.25, 0.3) is 0 Å². The number of rotatable bonds is 4. The van der Waals surface area contributed by atoms with Crippen LogP contribution in [0.15, 0.2) is 15.5 Å². The fourth-order valence-electron chi connectivity index (χ4n) is 1.28. The van der Waals surface area contributed by atoms with Gasteiger partial charge in [0.1, 0.15) is 0 Å². The van der Waals surface area contributed by atoms with E-state index in [1.54, 1.807) is 6.07 Å². The molecule has 0 unspecified atom stereocenters. The molecule has 1 rings (SSSR count). The molecule has 0 saturated carbocycles. The second-order valence-corrected chi connectivity index (χ2v) is 3.66. The molecule has 0 aliphatic heterocycles. The Morgan fingerprint density at radius 2 is 2.06 bits per heavy atom. The van der Waals surface area contributed by atoms with Crippen molar-refractivity contribution in [3.63, 3.8) is 0 Å². The Balaban J connectivity index is 3.33. The smallest absolute Gasteiger partial charge is 0.235 e. The van der Waals surface area contributed by atoms with Crippen molar-refractivity contribution in [3.05, 3.63) is 21.9 Å². The summed E-state index contributed by atoms with van der Waals surface area (Å²) in [7, 11) is 2.69. The van der Waals surface area contributed by atoms with Crippen molar-refractivity contribution in [2.24, 2.45) is 4.99 Å². The number of halogens is 2. The number of ether oxygens (including phenoxy) is 2. The molecule has 86 valence electrons. The van der Waals surface area contributed by atoms with Crippen molar-refractivity contribution in [1.29, 1.82) is 0 Å². The van der Waals surface area contributed by atoms with Crippen molar-refractivity contribution in [3.8, 4) is 11.5 Å². The van der Waals surface area contributed by atoms with Crippen LogP contribution in [0.3, 0.4) is 0 Å². The van der Waals surface area contributed by atoms with Gasteiger partial charge < -0.3 is 9.47 Å². The van der Waals surface area contributed by atoms with E-state index in [1.807, 2.05) is 0 Å². The summed E-state index contributed by atoms with van der Waals surface area (Å²) in [5.74, 6) is -0.565. The summed E-state index contributed by atoms with van der Waals surface area (Å²) in [4.78, 5) is 13.4. The molecule has 0 N–H and O–H groups in total. The van der Waals surface area contributed by atoms with Crippen LogP contribution in [0, 0.1) is 5.82 Å². The summed E-state index contributed by atoms with van der Waals surface area (Å²) in [5.41, 5.74) is 0.441. The van der Waals surface area contributed by atoms with Crippen LogP contribution in [0.2, 0.25) is 0 Å². The quantitative estimate of drug-likeness (QED) is 0.632. The van der Waals surface area contributed by atoms with Gasteiger partial charge in [0, 0.05) is 5.56 Å². The van der Waals surface area contributed by atoms with Crippen molar-refractivity contribution in [2.45, 2.75) is 6.54 Å². The Hall–Kier alpha value is -1.39. The molecule has 0 fully saturated rings. The maximum atomic E-state index is 13.8. The highest BCUT2D eigenvalue weighted by atomic mass is 79.9. The number of nitrogens with zero attached hydrogens (tertiary/aromatic N) is 1. The highest BCUT2D eigenvalue weighted by Gasteiger charge is 2.18. The largest absolute Gasteiger partial charge is 0.493 e. The topological polar surface area (TPSA) is 47.9 Å². The first-order valence-electron chi connectivity index (χ1n) is 4.28. The molecule has 6 heteroatoms. The van der Waals surface area contributed by atoms with E-state index in [0.29, 0.717) is 10.0 Å². The molecular weight excluding hydrogens is 281 g/mol. The van der Waals surface area contributed by atoms with Gasteiger partial charge in [-0.25, -0.2) is 9.79 Å². The van der Waals surface area contributed by atoms with E-state index in [2.05, 4.69) is 20.9 Å². The highest BCUT2D eigenvalue weighted by Crippen LogP contribution is 2.37. The normalized spacial score (nSPS) is 9.50. The van der Waals surface area contributed by atoms with E-state index < -0.39 is 5.82 Å². The van der Waals surface area contributed by atoms with Crippen LogP contribution in [-0.4, -0.2) is 20.3 Å². The Bertz CT molecular complexity index is 444. The molecule has 0 aliphatic rings. The first-order valence-corrected chi connectivity index (χ1v) is 5.07. The molecule has 16 heavy (non-hydrogen) atoms. The number of methoxy groups -OCH3 is 2. The summed E-state index contributed by atoms with van der Waals surface area (Å²) < 4.78 is 24.0. The molecule has 0 spiro atoms. The van der Waals surface area contributed by atoms with Crippen molar-refractivity contribution >= 4 is 22.0 Å². The van der Waals surface area contributed by atoms with Gasteiger partial charge in [-0.1, -0.05) is 0 Å². The van der Waals surface area contributed by atoms with Gasteiger partial charge in [-0.15, -0.1) is 0 Å². The Morgan fingerprint density at radius 1 is 1.44 bits per heavy atom. The third kappa shape index (κ3) is 2.40. The lowest BCUT2D eigenvalue weighted by Crippen LogP contribution is -1.99. The Labute approximate surface area is 100 Å². The van der Waals surface area contributed by atoms with Gasteiger partial charge in [-0.3, -0.25) is 0 Å². The van der Waals surface area contributed by atoms with Gasteiger partial charge in [-0.05, 0) is 22.0 Å². The minimum atomic E-state index is -0.629. The maximum absolute atomic E-state index is 13.8. The second kappa shape index (κ2) is 5.63. The summed E-state index contributed by atoms with van der Waals surface area (Å²) in [6, 6.07) is 1.58. The van der Waals surface area contributed by atoms with E-state index in [4.69, 9.17) is 9.47 Å². The van der Waals surface area contributed by atoms with Crippen LogP contribution in [0.5, 0.6) is 11.5 Å². The molecule has 0 aromatic heterocycles. The molecule has 0 amide bonds. The number of hydrogen-bond donors (Lipinski definition) is 0. The molecule has 0 aliphatic carbocycles. The fraction of sp³-hybridized carbons (Fsp3) is 0.300. The molecule has 0 atom stereocenters. The SMILES string of the molecule is COc1c(Br)cc(CN=C=O)c(OC)c1F. The van der Waals surface area contributed by atoms with Gasteiger partial charge >= 0.3 is 0 Å². The minimum absolute atomic E-state index is 0.00614. The fourth-order valence-corrected chi connectivity index (χ4v) is 1.89. The van der Waals surface area contributed by atoms with E-state index in [0.717, 1.165) is 0 Å². The van der Waals surface area contributed by atoms with Crippen LogP contribution >= 0.6 is 15.9 Å². The molecule has 4 nitrogen and oxygen atoms in total. The van der Waals surface area contributed by atoms with Crippen molar-refractivity contribution in [2.75, 3.05) is 14.2 Å². The van der Waals surface area contributed by atoms with Crippen LogP contribution in [0.25, 0.3) is 0 Å². The lowest BCUT2D eigenvalue weighted by Gasteiger charge is -2.12. The molecule has 0 bridgehead atoms. The number of carbonyl (C=O) groups excluding carboxylic acids is 1. The Morgan fingerprint density at radius 3 is 2.56 bits per heavy atom. The van der Waals surface area contributed by atoms with Crippen LogP contribution in [0.1, 0.15) is 5.56 Å². The predicted octanol–water partition coefficient (Wildman–Crippen LogP) is 2.44. The third-order valence-corrected chi connectivity index (χ3v) is 2.52. The van der Waals surface area contributed by atoms with Gasteiger partial charge in [-0.2, -0.15) is 4.39 Å². The third-order valence-electron chi connectivity index (χ3n) is 1.93. The lowest BCUT2D eigenvalue weighted by atomic mass is 10.2. The number of hydrogen-bond acceptors (Lipinski definition) is 4. The standard InChI is InChI=1S/C10H9BrFNO3/c1-15-9-6(4-13-5-14)3-7(11)10(16-2)8(9)12/h3H,4H2,1-2H3. The van der Waals surface area contributed by atoms with E-state index in [1.165, 1.54) is 20.3 Å². The van der Waals surface area contributed by atoms with Gasteiger partial charge in [0.15, 0.2) is 11.5 Å². The lowest BCUT2D eigenvalue weighted by molar-refractivity contribution is 0.345. The van der Waals surface area contributed by atoms with Crippen LogP contribution < -0.4 is 9.47 Å². The predicted molar refractivity (Wildman–Crippen MR) is 59.0 cm³/mol. The zero-order valence-corrected chi connectivity index (χ0v) is 10.3. The molecular formula is C10H9BrFNO3. The van der Waals surface area contributed by atoms with E-state index >= 15 is 0 Å². The van der Waals surface area contributed by atoms with Crippen LogP contribution in [0.4, 0.5) is 4.39 Å². The zero-order chi connectivity index (χ0) is 12.1. The Kier molecular flexibility index (Phi) is 4.46. The minimum Gasteiger partial charge on any atom is -0.493 e. The molecule has 0 heterocycles. The van der Waals surface area contributed by atoms with E-state index in [9.17, 15) is 9.18 Å². The van der Waals surface area contributed by atoms with Crippen LogP contribution in [-0.2, 0) is 11.3 Å². The van der Waals surface area contributed by atoms with Gasteiger partial charge in [0.05, 0.1) is 25.2 Å². The van der Waals surface area contributed by atoms with E-state index in [-0.39, 0.29) is 18.0 Å². The number of benzene rings is 1. The summed E-state index contributed by atoms with van der Waals surface area (Å²) >= 11 is 3.15.